The minimum Gasteiger partial charge on any atom is -0.482 e. The highest BCUT2D eigenvalue weighted by atomic mass is 16.6. The largest absolute Gasteiger partial charge is 0.482 e. The Balaban J connectivity index is 1.47. The molecule has 0 fully saturated rings. The summed E-state index contributed by atoms with van der Waals surface area (Å²) in [6, 6.07) is 24.4. The monoisotopic (exact) mass is 455 g/mol. The number of esters is 1. The van der Waals surface area contributed by atoms with Crippen molar-refractivity contribution in [2.75, 3.05) is 18.5 Å². The van der Waals surface area contributed by atoms with Crippen LogP contribution in [0.3, 0.4) is 0 Å². The van der Waals surface area contributed by atoms with E-state index in [1.54, 1.807) is 43.5 Å². The molecule has 34 heavy (non-hydrogen) atoms. The van der Waals surface area contributed by atoms with E-state index in [1.165, 1.54) is 0 Å². The zero-order valence-corrected chi connectivity index (χ0v) is 18.8. The second kappa shape index (κ2) is 11.0. The van der Waals surface area contributed by atoms with Crippen LogP contribution in [0.1, 0.15) is 22.8 Å². The number of anilines is 1. The van der Waals surface area contributed by atoms with Crippen molar-refractivity contribution < 1.29 is 19.1 Å². The fraction of sp³-hybridized carbons (Fsp3) is 0.148. The lowest BCUT2D eigenvalue weighted by Crippen LogP contribution is -2.15. The highest BCUT2D eigenvalue weighted by Gasteiger charge is 2.13. The van der Waals surface area contributed by atoms with Gasteiger partial charge < -0.3 is 14.8 Å². The van der Waals surface area contributed by atoms with E-state index in [9.17, 15) is 9.59 Å². The van der Waals surface area contributed by atoms with Gasteiger partial charge in [0.1, 0.15) is 5.75 Å². The molecule has 0 radical (unpaired) electrons. The molecular weight excluding hydrogens is 430 g/mol. The average molecular weight is 456 g/mol. The van der Waals surface area contributed by atoms with E-state index in [0.29, 0.717) is 30.2 Å². The van der Waals surface area contributed by atoms with Crippen LogP contribution < -0.4 is 10.1 Å². The van der Waals surface area contributed by atoms with Gasteiger partial charge in [-0.05, 0) is 47.9 Å². The maximum Gasteiger partial charge on any atom is 0.344 e. The second-order valence-corrected chi connectivity index (χ2v) is 7.52. The molecule has 1 amide bonds. The van der Waals surface area contributed by atoms with E-state index >= 15 is 0 Å². The van der Waals surface area contributed by atoms with Crippen LogP contribution in [-0.4, -0.2) is 34.9 Å². The number of aromatic nitrogens is 2. The molecule has 4 aromatic rings. The lowest BCUT2D eigenvalue weighted by atomic mass is 9.98. The van der Waals surface area contributed by atoms with Crippen molar-refractivity contribution in [3.05, 3.63) is 102 Å². The minimum atomic E-state index is -0.443. The molecule has 7 heteroatoms. The van der Waals surface area contributed by atoms with Crippen LogP contribution in [0.2, 0.25) is 0 Å². The standard InChI is InChI=1S/C27H25N3O4/c1-2-33-26(31)19-34-23-8-5-7-22(17-23)29-27(32)25-10-4-3-9-24(25)21-13-11-20(12-14-21)18-30-16-6-15-28-30/h3-17H,2,18-19H2,1H3,(H,29,32). The van der Waals surface area contributed by atoms with Crippen LogP contribution in [0.25, 0.3) is 11.1 Å². The van der Waals surface area contributed by atoms with Gasteiger partial charge in [-0.1, -0.05) is 48.5 Å². The predicted molar refractivity (Wildman–Crippen MR) is 130 cm³/mol. The first-order chi connectivity index (χ1) is 16.6. The van der Waals surface area contributed by atoms with Gasteiger partial charge >= 0.3 is 5.97 Å². The van der Waals surface area contributed by atoms with Crippen molar-refractivity contribution in [1.82, 2.24) is 9.78 Å². The first kappa shape index (κ1) is 22.8. The summed E-state index contributed by atoms with van der Waals surface area (Å²) in [6.07, 6.45) is 3.68. The molecule has 0 aliphatic carbocycles. The van der Waals surface area contributed by atoms with Gasteiger partial charge in [0, 0.05) is 29.7 Å². The van der Waals surface area contributed by atoms with E-state index < -0.39 is 5.97 Å². The molecule has 4 rings (SSSR count). The Hall–Kier alpha value is -4.39. The van der Waals surface area contributed by atoms with Crippen LogP contribution in [0.4, 0.5) is 5.69 Å². The molecule has 0 saturated heterocycles. The van der Waals surface area contributed by atoms with Gasteiger partial charge in [-0.25, -0.2) is 4.79 Å². The molecule has 1 N–H and O–H groups in total. The van der Waals surface area contributed by atoms with Gasteiger partial charge in [0.05, 0.1) is 13.2 Å². The van der Waals surface area contributed by atoms with Crippen LogP contribution in [0.15, 0.2) is 91.3 Å². The van der Waals surface area contributed by atoms with E-state index in [-0.39, 0.29) is 12.5 Å². The quantitative estimate of drug-likeness (QED) is 0.367. The molecule has 172 valence electrons. The Kier molecular flexibility index (Phi) is 7.35. The number of nitrogens with one attached hydrogen (secondary N) is 1. The Bertz CT molecular complexity index is 1250. The molecule has 0 bridgehead atoms. The van der Waals surface area contributed by atoms with Gasteiger partial charge in [0.25, 0.3) is 5.91 Å². The SMILES string of the molecule is CCOC(=O)COc1cccc(NC(=O)c2ccccc2-c2ccc(Cn3cccn3)cc2)c1. The van der Waals surface area contributed by atoms with Gasteiger partial charge in [-0.15, -0.1) is 0 Å². The average Bonchev–Trinajstić information content (AvgIpc) is 3.37. The number of nitrogens with zero attached hydrogens (tertiary/aromatic N) is 2. The third kappa shape index (κ3) is 5.89. The number of ether oxygens (including phenoxy) is 2. The molecule has 0 aliphatic rings. The number of hydrogen-bond acceptors (Lipinski definition) is 5. The van der Waals surface area contributed by atoms with Crippen LogP contribution in [0.5, 0.6) is 5.75 Å². The molecular formula is C27H25N3O4. The van der Waals surface area contributed by atoms with Gasteiger partial charge in [0.15, 0.2) is 6.61 Å². The maximum atomic E-state index is 13.1. The Morgan fingerprint density at radius 3 is 2.56 bits per heavy atom. The highest BCUT2D eigenvalue weighted by molar-refractivity contribution is 6.08. The summed E-state index contributed by atoms with van der Waals surface area (Å²) < 4.78 is 12.2. The van der Waals surface area contributed by atoms with Crippen molar-refractivity contribution in [1.29, 1.82) is 0 Å². The third-order valence-electron chi connectivity index (χ3n) is 5.09. The molecule has 0 spiro atoms. The van der Waals surface area contributed by atoms with Crippen LogP contribution >= 0.6 is 0 Å². The number of benzene rings is 3. The number of hydrogen-bond donors (Lipinski definition) is 1. The van der Waals surface area contributed by atoms with E-state index in [4.69, 9.17) is 9.47 Å². The summed E-state index contributed by atoms with van der Waals surface area (Å²) in [5, 5.41) is 7.15. The fourth-order valence-corrected chi connectivity index (χ4v) is 3.51. The zero-order valence-electron chi connectivity index (χ0n) is 18.8. The zero-order chi connectivity index (χ0) is 23.8. The molecule has 0 unspecified atom stereocenters. The minimum absolute atomic E-state index is 0.190. The van der Waals surface area contributed by atoms with Crippen molar-refractivity contribution in [3.63, 3.8) is 0 Å². The van der Waals surface area contributed by atoms with Gasteiger partial charge in [-0.3, -0.25) is 9.48 Å². The Morgan fingerprint density at radius 2 is 1.79 bits per heavy atom. The van der Waals surface area contributed by atoms with Crippen molar-refractivity contribution >= 4 is 17.6 Å². The molecule has 0 atom stereocenters. The lowest BCUT2D eigenvalue weighted by molar-refractivity contribution is -0.145. The summed E-state index contributed by atoms with van der Waals surface area (Å²) in [5.74, 6) is -0.216. The van der Waals surface area contributed by atoms with E-state index in [2.05, 4.69) is 10.4 Å². The first-order valence-electron chi connectivity index (χ1n) is 11.0. The Labute approximate surface area is 197 Å². The van der Waals surface area contributed by atoms with E-state index in [1.807, 2.05) is 59.4 Å². The van der Waals surface area contributed by atoms with E-state index in [0.717, 1.165) is 16.7 Å². The molecule has 7 nitrogen and oxygen atoms in total. The predicted octanol–water partition coefficient (Wildman–Crippen LogP) is 4.79. The second-order valence-electron chi connectivity index (χ2n) is 7.52. The normalized spacial score (nSPS) is 10.5. The maximum absolute atomic E-state index is 13.1. The molecule has 3 aromatic carbocycles. The molecule has 1 heterocycles. The molecule has 1 aromatic heterocycles. The van der Waals surface area contributed by atoms with Crippen molar-refractivity contribution in [2.24, 2.45) is 0 Å². The van der Waals surface area contributed by atoms with Crippen LogP contribution in [0, 0.1) is 0 Å². The van der Waals surface area contributed by atoms with Crippen molar-refractivity contribution in [2.45, 2.75) is 13.5 Å². The highest BCUT2D eigenvalue weighted by Crippen LogP contribution is 2.26. The number of amides is 1. The van der Waals surface area contributed by atoms with Crippen LogP contribution in [-0.2, 0) is 16.1 Å². The van der Waals surface area contributed by atoms with Gasteiger partial charge in [0.2, 0.25) is 0 Å². The summed E-state index contributed by atoms with van der Waals surface area (Å²) in [7, 11) is 0. The topological polar surface area (TPSA) is 82.5 Å². The number of carbonyl (C=O) groups excluding carboxylic acids is 2. The summed E-state index contributed by atoms with van der Waals surface area (Å²) in [5.41, 5.74) is 4.02. The smallest absolute Gasteiger partial charge is 0.344 e. The summed E-state index contributed by atoms with van der Waals surface area (Å²) in [6.45, 7) is 2.53. The summed E-state index contributed by atoms with van der Waals surface area (Å²) >= 11 is 0. The first-order valence-corrected chi connectivity index (χ1v) is 11.0. The molecule has 0 aliphatic heterocycles. The van der Waals surface area contributed by atoms with Gasteiger partial charge in [-0.2, -0.15) is 5.10 Å². The summed E-state index contributed by atoms with van der Waals surface area (Å²) in [4.78, 5) is 24.6. The third-order valence-corrected chi connectivity index (χ3v) is 5.09. The number of rotatable bonds is 9. The number of carbonyl (C=O) groups is 2. The Morgan fingerprint density at radius 1 is 0.971 bits per heavy atom. The van der Waals surface area contributed by atoms with Crippen molar-refractivity contribution in [3.8, 4) is 16.9 Å². The lowest BCUT2D eigenvalue weighted by Gasteiger charge is -2.12. The fourth-order valence-electron chi connectivity index (χ4n) is 3.51. The molecule has 0 saturated carbocycles.